The van der Waals surface area contributed by atoms with E-state index >= 15 is 0 Å². The van der Waals surface area contributed by atoms with Crippen LogP contribution in [0.2, 0.25) is 0 Å². The molecule has 0 radical (unpaired) electrons. The molecule has 1 nitrogen and oxygen atoms in total. The maximum Gasteiger partial charge on any atom is 0 e. The smallest absolute Gasteiger partial charge is 0 e. The molecular weight excluding hydrogens is 236 g/mol. The number of epoxide rings is 1. The van der Waals surface area contributed by atoms with Crippen molar-refractivity contribution in [3.8, 4) is 0 Å². The Hall–Kier alpha value is 0.648. The summed E-state index contributed by atoms with van der Waals surface area (Å²) in [7, 11) is 0. The van der Waals surface area contributed by atoms with Gasteiger partial charge in [0.2, 0.25) is 0 Å². The number of hydrogen-bond donors (Lipinski definition) is 0. The second-order valence-electron chi connectivity index (χ2n) is 0.878. The van der Waals surface area contributed by atoms with Gasteiger partial charge in [0.15, 0.2) is 0 Å². The zero-order valence-electron chi connectivity index (χ0n) is 3.89. The van der Waals surface area contributed by atoms with Crippen LogP contribution < -0.4 is 0 Å². The SMILES string of the molecule is [2H][C-]1OC1C.[W]. The quantitative estimate of drug-likeness (QED) is 0.446. The maximum absolute atomic E-state index is 6.59. The van der Waals surface area contributed by atoms with Gasteiger partial charge in [0, 0.05) is 21.1 Å². The minimum absolute atomic E-state index is 0. The van der Waals surface area contributed by atoms with Crippen LogP contribution >= 0.6 is 0 Å². The molecule has 1 heterocycles. The van der Waals surface area contributed by atoms with Crippen molar-refractivity contribution in [1.29, 1.82) is 0 Å². The molecular formula is C3H5OW-. The van der Waals surface area contributed by atoms with Crippen molar-refractivity contribution in [3.63, 3.8) is 0 Å². The first-order valence-electron chi connectivity index (χ1n) is 1.81. The van der Waals surface area contributed by atoms with Crippen LogP contribution in [0.4, 0.5) is 0 Å². The van der Waals surface area contributed by atoms with E-state index < -0.39 is 0 Å². The Bertz CT molecular complexity index is 44.1. The van der Waals surface area contributed by atoms with Crippen molar-refractivity contribution in [2.45, 2.75) is 13.0 Å². The molecule has 1 aliphatic rings. The summed E-state index contributed by atoms with van der Waals surface area (Å²) in [6.45, 7) is 2.27. The van der Waals surface area contributed by atoms with Crippen molar-refractivity contribution in [3.05, 3.63) is 6.58 Å². The summed E-state index contributed by atoms with van der Waals surface area (Å²) in [6, 6.07) is 0. The standard InChI is InChI=1S/C3H5O.W/c1-3-2-4-3;/h2-3H,1H3;/q-1;/i2D;. The Morgan fingerprint density at radius 2 is 2.40 bits per heavy atom. The first-order chi connectivity index (χ1) is 2.30. The van der Waals surface area contributed by atoms with Gasteiger partial charge in [0.1, 0.15) is 0 Å². The van der Waals surface area contributed by atoms with E-state index in [0.717, 1.165) is 0 Å². The summed E-state index contributed by atoms with van der Waals surface area (Å²) in [4.78, 5) is 0. The molecule has 1 aliphatic heterocycles. The third-order valence-corrected chi connectivity index (χ3v) is 0.354. The van der Waals surface area contributed by atoms with Crippen molar-refractivity contribution in [2.24, 2.45) is 0 Å². The molecule has 0 bridgehead atoms. The molecule has 0 aromatic rings. The van der Waals surface area contributed by atoms with Crippen molar-refractivity contribution >= 4 is 0 Å². The summed E-state index contributed by atoms with van der Waals surface area (Å²) in [6.07, 6.45) is 0.134. The summed E-state index contributed by atoms with van der Waals surface area (Å²) in [5.74, 6) is 0. The molecule has 30 valence electrons. The van der Waals surface area contributed by atoms with Crippen LogP contribution in [0.15, 0.2) is 0 Å². The largest absolute Gasteiger partial charge is 0.570 e. The van der Waals surface area contributed by atoms with Crippen LogP contribution in [0.3, 0.4) is 0 Å². The van der Waals surface area contributed by atoms with Crippen LogP contribution in [-0.2, 0) is 25.8 Å². The van der Waals surface area contributed by atoms with Gasteiger partial charge in [-0.3, -0.25) is 0 Å². The zero-order chi connectivity index (χ0) is 3.86. The third kappa shape index (κ3) is 2.45. The average molecular weight is 242 g/mol. The Morgan fingerprint density at radius 3 is 2.40 bits per heavy atom. The molecule has 1 atom stereocenters. The van der Waals surface area contributed by atoms with Crippen LogP contribution in [0, 0.1) is 6.58 Å². The van der Waals surface area contributed by atoms with Gasteiger partial charge in [-0.25, -0.2) is 0 Å². The van der Waals surface area contributed by atoms with Gasteiger partial charge in [-0.15, -0.1) is 0 Å². The summed E-state index contributed by atoms with van der Waals surface area (Å²) >= 11 is 0. The molecule has 0 saturated carbocycles. The second-order valence-corrected chi connectivity index (χ2v) is 0.878. The monoisotopic (exact) mass is 242 g/mol. The minimum atomic E-state index is 0. The van der Waals surface area contributed by atoms with Crippen LogP contribution in [0.5, 0.6) is 0 Å². The van der Waals surface area contributed by atoms with Gasteiger partial charge < -0.3 is 4.74 Å². The van der Waals surface area contributed by atoms with Crippen molar-refractivity contribution in [1.82, 2.24) is 0 Å². The van der Waals surface area contributed by atoms with Crippen LogP contribution in [-0.4, -0.2) is 6.10 Å². The fourth-order valence-electron chi connectivity index (χ4n) is 0.0680. The molecule has 1 unspecified atom stereocenters. The molecule has 0 spiro atoms. The summed E-state index contributed by atoms with van der Waals surface area (Å²) < 4.78 is 11.1. The molecule has 0 aromatic carbocycles. The van der Waals surface area contributed by atoms with E-state index in [2.05, 4.69) is 4.74 Å². The van der Waals surface area contributed by atoms with E-state index in [9.17, 15) is 0 Å². The molecule has 0 aromatic heterocycles. The molecule has 1 rings (SSSR count). The topological polar surface area (TPSA) is 12.5 Å². The molecule has 5 heavy (non-hydrogen) atoms. The van der Waals surface area contributed by atoms with E-state index in [0.29, 0.717) is 6.58 Å². The van der Waals surface area contributed by atoms with Gasteiger partial charge in [-0.05, 0) is 0 Å². The molecule has 0 N–H and O–H groups in total. The summed E-state index contributed by atoms with van der Waals surface area (Å²) in [5.41, 5.74) is 0. The number of ether oxygens (including phenoxy) is 1. The Morgan fingerprint density at radius 1 is 2.20 bits per heavy atom. The van der Waals surface area contributed by atoms with Crippen LogP contribution in [0.1, 0.15) is 8.29 Å². The molecule has 0 aliphatic carbocycles. The van der Waals surface area contributed by atoms with E-state index in [1.54, 1.807) is 0 Å². The molecule has 1 fully saturated rings. The molecule has 2 heteroatoms. The van der Waals surface area contributed by atoms with Gasteiger partial charge >= 0.3 is 0 Å². The molecule has 1 saturated heterocycles. The van der Waals surface area contributed by atoms with Gasteiger partial charge in [-0.1, -0.05) is 13.0 Å². The third-order valence-electron chi connectivity index (χ3n) is 0.354. The Kier molecular flexibility index (Phi) is 1.48. The Labute approximate surface area is 47.4 Å². The first-order valence-corrected chi connectivity index (χ1v) is 1.31. The van der Waals surface area contributed by atoms with E-state index in [-0.39, 0.29) is 27.2 Å². The van der Waals surface area contributed by atoms with E-state index in [4.69, 9.17) is 1.37 Å². The normalized spacial score (nSPS) is 38.6. The van der Waals surface area contributed by atoms with Gasteiger partial charge in [-0.2, -0.15) is 7.95 Å². The van der Waals surface area contributed by atoms with Crippen LogP contribution in [0.25, 0.3) is 0 Å². The van der Waals surface area contributed by atoms with Gasteiger partial charge in [0.25, 0.3) is 0 Å². The average Bonchev–Trinajstić information content (AvgIpc) is 1.79. The summed E-state index contributed by atoms with van der Waals surface area (Å²) in [5, 5.41) is 0. The van der Waals surface area contributed by atoms with Crippen molar-refractivity contribution in [2.75, 3.05) is 0 Å². The first kappa shape index (κ1) is 3.83. The predicted molar refractivity (Wildman–Crippen MR) is 14.8 cm³/mol. The maximum atomic E-state index is 6.59. The van der Waals surface area contributed by atoms with Gasteiger partial charge in [0.05, 0.1) is 0 Å². The minimum Gasteiger partial charge on any atom is -0.570 e. The zero-order valence-corrected chi connectivity index (χ0v) is 5.83. The predicted octanol–water partition coefficient (Wildman–Crippen LogP) is 0.564. The number of rotatable bonds is 0. The second kappa shape index (κ2) is 1.94. The van der Waals surface area contributed by atoms with Crippen molar-refractivity contribution < 1.29 is 27.2 Å². The molecule has 0 amide bonds. The number of hydrogen-bond acceptors (Lipinski definition) is 1. The van der Waals surface area contributed by atoms with E-state index in [1.807, 2.05) is 6.92 Å². The van der Waals surface area contributed by atoms with E-state index in [1.165, 1.54) is 0 Å². The fourth-order valence-corrected chi connectivity index (χ4v) is 0.0680. The Balaban J connectivity index is 0.000000250. The fraction of sp³-hybridized carbons (Fsp3) is 0.667.